The Bertz CT molecular complexity index is 258. The highest BCUT2D eigenvalue weighted by atomic mass is 19.4. The van der Waals surface area contributed by atoms with Crippen molar-refractivity contribution in [3.63, 3.8) is 0 Å². The minimum atomic E-state index is -4.52. The zero-order valence-electron chi connectivity index (χ0n) is 5.81. The Kier molecular flexibility index (Phi) is 1.30. The molecule has 0 atom stereocenters. The molecule has 0 aliphatic rings. The van der Waals surface area contributed by atoms with Crippen molar-refractivity contribution in [1.29, 1.82) is 0 Å². The van der Waals surface area contributed by atoms with Gasteiger partial charge in [-0.3, -0.25) is 4.98 Å². The van der Waals surface area contributed by atoms with Gasteiger partial charge in [0.15, 0.2) is 0 Å². The van der Waals surface area contributed by atoms with Gasteiger partial charge in [-0.05, 0) is 12.1 Å². The van der Waals surface area contributed by atoms with Crippen LogP contribution in [0, 0.1) is 0 Å². The van der Waals surface area contributed by atoms with Crippen LogP contribution in [0.15, 0.2) is 24.4 Å². The smallest absolute Gasteiger partial charge is 0.252 e. The van der Waals surface area contributed by atoms with Crippen LogP contribution in [0.1, 0.15) is 7.06 Å². The van der Waals surface area contributed by atoms with Crippen molar-refractivity contribution >= 4 is 0 Å². The fraction of sp³-hybridized carbons (Fsp3) is 0.167. The number of rotatable bonds is 0. The van der Waals surface area contributed by atoms with Gasteiger partial charge in [0.2, 0.25) is 0 Å². The summed E-state index contributed by atoms with van der Waals surface area (Å²) in [5.41, 5.74) is -1.14. The van der Waals surface area contributed by atoms with Crippen LogP contribution in [0.25, 0.3) is 0 Å². The van der Waals surface area contributed by atoms with Crippen molar-refractivity contribution < 1.29 is 14.5 Å². The van der Waals surface area contributed by atoms with Crippen LogP contribution in [0.3, 0.4) is 0 Å². The molecule has 0 aliphatic heterocycles. The molecule has 1 rings (SSSR count). The zero-order chi connectivity index (χ0) is 8.48. The first kappa shape index (κ1) is 5.70. The first-order valence-corrected chi connectivity index (χ1v) is 2.50. The Labute approximate surface area is 56.9 Å². The maximum absolute atomic E-state index is 11.9. The lowest BCUT2D eigenvalue weighted by atomic mass is 10.3. The number of aromatic nitrogens is 1. The molecule has 0 radical (unpaired) electrons. The summed E-state index contributed by atoms with van der Waals surface area (Å²) in [4.78, 5) is 3.04. The molecule has 1 heterocycles. The van der Waals surface area contributed by atoms with Crippen LogP contribution in [0.2, 0.25) is 0 Å². The van der Waals surface area contributed by atoms with Crippen LogP contribution in [0.5, 0.6) is 0 Å². The normalized spacial score (nSPS) is 12.9. The lowest BCUT2D eigenvalue weighted by Crippen LogP contribution is -2.06. The molecular weight excluding hydrogens is 143 g/mol. The Morgan fingerprint density at radius 3 is 2.50 bits per heavy atom. The summed E-state index contributed by atoms with van der Waals surface area (Å²) in [6.07, 6.45) is -3.50. The molecule has 54 valence electrons. The second-order valence-corrected chi connectivity index (χ2v) is 1.63. The highest BCUT2D eigenvalue weighted by molar-refractivity contribution is 5.06. The standard InChI is InChI=1S/C6H4F3N/c7-6(8,9)5-3-1-2-4-10-5/h1-4H/i3D. The van der Waals surface area contributed by atoms with E-state index in [1.807, 2.05) is 0 Å². The molecule has 0 N–H and O–H groups in total. The Morgan fingerprint density at radius 1 is 1.40 bits per heavy atom. The molecule has 0 fully saturated rings. The Morgan fingerprint density at radius 2 is 2.10 bits per heavy atom. The van der Waals surface area contributed by atoms with E-state index in [1.165, 1.54) is 6.07 Å². The quantitative estimate of drug-likeness (QED) is 0.549. The molecule has 10 heavy (non-hydrogen) atoms. The predicted octanol–water partition coefficient (Wildman–Crippen LogP) is 2.10. The molecule has 4 heteroatoms. The highest BCUT2D eigenvalue weighted by Gasteiger charge is 2.31. The third kappa shape index (κ3) is 1.46. The molecule has 0 bridgehead atoms. The summed E-state index contributed by atoms with van der Waals surface area (Å²) < 4.78 is 42.4. The molecule has 1 aromatic heterocycles. The number of alkyl halides is 3. The molecule has 0 saturated heterocycles. The molecule has 0 amide bonds. The van der Waals surface area contributed by atoms with Gasteiger partial charge in [0.25, 0.3) is 0 Å². The van der Waals surface area contributed by atoms with E-state index in [1.54, 1.807) is 0 Å². The maximum Gasteiger partial charge on any atom is 0.433 e. The van der Waals surface area contributed by atoms with Gasteiger partial charge in [-0.2, -0.15) is 13.2 Å². The second-order valence-electron chi connectivity index (χ2n) is 1.63. The van der Waals surface area contributed by atoms with E-state index < -0.39 is 17.9 Å². The third-order valence-corrected chi connectivity index (χ3v) is 0.874. The number of pyridine rings is 1. The summed E-state index contributed by atoms with van der Waals surface area (Å²) in [7, 11) is 0. The number of halogens is 3. The lowest BCUT2D eigenvalue weighted by molar-refractivity contribution is -0.141. The maximum atomic E-state index is 11.9. The van der Waals surface area contributed by atoms with Crippen molar-refractivity contribution in [2.75, 3.05) is 0 Å². The van der Waals surface area contributed by atoms with E-state index in [4.69, 9.17) is 1.37 Å². The first-order chi connectivity index (χ1) is 5.02. The average Bonchev–Trinajstić information content (AvgIpc) is 1.86. The van der Waals surface area contributed by atoms with Crippen molar-refractivity contribution in [2.24, 2.45) is 0 Å². The lowest BCUT2D eigenvalue weighted by Gasteiger charge is -2.02. The fourth-order valence-electron chi connectivity index (χ4n) is 0.480. The molecular formula is C6H4F3N. The number of hydrogen-bond donors (Lipinski definition) is 0. The van der Waals surface area contributed by atoms with Crippen LogP contribution in [-0.2, 0) is 6.18 Å². The SMILES string of the molecule is [2H]c1cccnc1C(F)(F)F. The van der Waals surface area contributed by atoms with E-state index in [9.17, 15) is 13.2 Å². The van der Waals surface area contributed by atoms with Crippen molar-refractivity contribution in [3.8, 4) is 0 Å². The van der Waals surface area contributed by atoms with Gasteiger partial charge in [0, 0.05) is 6.20 Å². The van der Waals surface area contributed by atoms with Gasteiger partial charge in [-0.1, -0.05) is 6.07 Å². The van der Waals surface area contributed by atoms with E-state index in [2.05, 4.69) is 4.98 Å². The molecule has 0 unspecified atom stereocenters. The predicted molar refractivity (Wildman–Crippen MR) is 29.2 cm³/mol. The summed E-state index contributed by atoms with van der Waals surface area (Å²) in [5.74, 6) is 0. The van der Waals surface area contributed by atoms with Crippen LogP contribution in [-0.4, -0.2) is 4.98 Å². The van der Waals surface area contributed by atoms with Gasteiger partial charge in [-0.15, -0.1) is 0 Å². The van der Waals surface area contributed by atoms with Gasteiger partial charge >= 0.3 is 6.18 Å². The molecule has 1 nitrogen and oxygen atoms in total. The minimum Gasteiger partial charge on any atom is -0.252 e. The average molecular weight is 148 g/mol. The summed E-state index contributed by atoms with van der Waals surface area (Å²) in [6, 6.07) is 1.74. The molecule has 0 spiro atoms. The zero-order valence-corrected chi connectivity index (χ0v) is 4.81. The highest BCUT2D eigenvalue weighted by Crippen LogP contribution is 2.26. The number of hydrogen-bond acceptors (Lipinski definition) is 1. The van der Waals surface area contributed by atoms with Crippen molar-refractivity contribution in [1.82, 2.24) is 4.98 Å². The van der Waals surface area contributed by atoms with Crippen molar-refractivity contribution in [3.05, 3.63) is 30.1 Å². The van der Waals surface area contributed by atoms with Crippen LogP contribution >= 0.6 is 0 Å². The summed E-state index contributed by atoms with van der Waals surface area (Å²) in [6.45, 7) is 0. The fourth-order valence-corrected chi connectivity index (χ4v) is 0.480. The van der Waals surface area contributed by atoms with Gasteiger partial charge < -0.3 is 0 Å². The largest absolute Gasteiger partial charge is 0.433 e. The summed E-state index contributed by atoms with van der Waals surface area (Å²) >= 11 is 0. The Hall–Kier alpha value is -1.06. The van der Waals surface area contributed by atoms with Gasteiger partial charge in [0.05, 0.1) is 1.37 Å². The van der Waals surface area contributed by atoms with E-state index in [-0.39, 0.29) is 0 Å². The first-order valence-electron chi connectivity index (χ1n) is 3.00. The second kappa shape index (κ2) is 2.28. The van der Waals surface area contributed by atoms with E-state index in [0.29, 0.717) is 0 Å². The molecule has 0 saturated carbocycles. The molecule has 0 aliphatic carbocycles. The Balaban J connectivity index is 3.14. The van der Waals surface area contributed by atoms with E-state index >= 15 is 0 Å². The minimum absolute atomic E-state index is 0.597. The van der Waals surface area contributed by atoms with Crippen LogP contribution in [0.4, 0.5) is 13.2 Å². The monoisotopic (exact) mass is 148 g/mol. The van der Waals surface area contributed by atoms with Gasteiger partial charge in [0.1, 0.15) is 5.69 Å². The number of nitrogens with zero attached hydrogens (tertiary/aromatic N) is 1. The summed E-state index contributed by atoms with van der Waals surface area (Å²) in [5, 5.41) is 0. The third-order valence-electron chi connectivity index (χ3n) is 0.874. The van der Waals surface area contributed by atoms with Crippen LogP contribution < -0.4 is 0 Å². The molecule has 0 aromatic carbocycles. The van der Waals surface area contributed by atoms with Crippen molar-refractivity contribution in [2.45, 2.75) is 6.18 Å². The molecule has 1 aromatic rings. The van der Waals surface area contributed by atoms with E-state index in [0.717, 1.165) is 12.3 Å². The van der Waals surface area contributed by atoms with Gasteiger partial charge in [-0.25, -0.2) is 0 Å². The topological polar surface area (TPSA) is 12.9 Å².